The molecule has 0 aliphatic rings. The van der Waals surface area contributed by atoms with Crippen molar-refractivity contribution in [3.63, 3.8) is 0 Å². The maximum atomic E-state index is 12.6. The van der Waals surface area contributed by atoms with Gasteiger partial charge < -0.3 is 28.8 Å². The number of quaternary nitrogens is 1. The molecule has 258 valence electrons. The van der Waals surface area contributed by atoms with Gasteiger partial charge in [0, 0.05) is 6.42 Å². The van der Waals surface area contributed by atoms with E-state index in [1.165, 1.54) is 64.2 Å². The highest BCUT2D eigenvalue weighted by Crippen LogP contribution is 2.38. The van der Waals surface area contributed by atoms with Crippen LogP contribution >= 0.6 is 7.82 Å². The van der Waals surface area contributed by atoms with E-state index in [1.54, 1.807) is 6.08 Å². The van der Waals surface area contributed by atoms with Crippen molar-refractivity contribution in [1.82, 2.24) is 5.32 Å². The topological polar surface area (TPSA) is 108 Å². The highest BCUT2D eigenvalue weighted by atomic mass is 31.2. The van der Waals surface area contributed by atoms with Gasteiger partial charge in [0.15, 0.2) is 0 Å². The van der Waals surface area contributed by atoms with Gasteiger partial charge >= 0.3 is 0 Å². The monoisotopic (exact) mass is 642 g/mol. The third kappa shape index (κ3) is 29.4. The van der Waals surface area contributed by atoms with Crippen LogP contribution < -0.4 is 10.2 Å². The normalized spacial score (nSPS) is 15.3. The highest BCUT2D eigenvalue weighted by Gasteiger charge is 2.23. The van der Waals surface area contributed by atoms with E-state index in [4.69, 9.17) is 9.05 Å². The van der Waals surface area contributed by atoms with Crippen molar-refractivity contribution in [3.8, 4) is 0 Å². The molecular formula is C35H67N2O6P. The number of hydrogen-bond acceptors (Lipinski definition) is 6. The number of hydrogen-bond donors (Lipinski definition) is 2. The summed E-state index contributed by atoms with van der Waals surface area (Å²) in [5.74, 6) is -0.222. The smallest absolute Gasteiger partial charge is 0.268 e. The van der Waals surface area contributed by atoms with Gasteiger partial charge in [0.1, 0.15) is 13.2 Å². The van der Waals surface area contributed by atoms with Crippen molar-refractivity contribution in [2.24, 2.45) is 0 Å². The Morgan fingerprint density at radius 1 is 0.773 bits per heavy atom. The Morgan fingerprint density at radius 2 is 1.27 bits per heavy atom. The maximum Gasteiger partial charge on any atom is 0.268 e. The van der Waals surface area contributed by atoms with Crippen molar-refractivity contribution < 1.29 is 32.9 Å². The van der Waals surface area contributed by atoms with Gasteiger partial charge in [0.05, 0.1) is 39.9 Å². The van der Waals surface area contributed by atoms with Gasteiger partial charge in [-0.25, -0.2) is 0 Å². The number of phosphoric acid groups is 1. The van der Waals surface area contributed by atoms with Gasteiger partial charge in [-0.2, -0.15) is 0 Å². The van der Waals surface area contributed by atoms with Crippen molar-refractivity contribution >= 4 is 13.7 Å². The first kappa shape index (κ1) is 42.7. The van der Waals surface area contributed by atoms with E-state index >= 15 is 0 Å². The van der Waals surface area contributed by atoms with Crippen molar-refractivity contribution in [1.29, 1.82) is 0 Å². The van der Waals surface area contributed by atoms with E-state index in [0.717, 1.165) is 44.9 Å². The Kier molecular flexibility index (Phi) is 27.2. The number of likely N-dealkylation sites (N-methyl/N-ethyl adjacent to an activating group) is 1. The molecule has 0 aromatic rings. The number of allylic oxidation sites excluding steroid dienone is 5. The highest BCUT2D eigenvalue weighted by molar-refractivity contribution is 7.45. The predicted molar refractivity (Wildman–Crippen MR) is 182 cm³/mol. The third-order valence-corrected chi connectivity index (χ3v) is 8.29. The number of nitrogens with zero attached hydrogens (tertiary/aromatic N) is 1. The molecule has 3 unspecified atom stereocenters. The first-order valence-corrected chi connectivity index (χ1v) is 18.8. The Labute approximate surface area is 270 Å². The summed E-state index contributed by atoms with van der Waals surface area (Å²) < 4.78 is 22.9. The molecule has 3 atom stereocenters. The molecule has 0 heterocycles. The Bertz CT molecular complexity index is 825. The van der Waals surface area contributed by atoms with Gasteiger partial charge in [-0.1, -0.05) is 115 Å². The molecule has 0 aromatic carbocycles. The lowest BCUT2D eigenvalue weighted by Crippen LogP contribution is -2.45. The molecule has 0 aliphatic heterocycles. The van der Waals surface area contributed by atoms with Gasteiger partial charge in [0.25, 0.3) is 7.82 Å². The van der Waals surface area contributed by atoms with Gasteiger partial charge in [0.2, 0.25) is 5.91 Å². The maximum absolute atomic E-state index is 12.6. The molecule has 0 rings (SSSR count). The minimum Gasteiger partial charge on any atom is -0.756 e. The van der Waals surface area contributed by atoms with Gasteiger partial charge in [-0.05, 0) is 44.9 Å². The van der Waals surface area contributed by atoms with Crippen molar-refractivity contribution in [2.45, 2.75) is 142 Å². The number of phosphoric ester groups is 1. The minimum absolute atomic E-state index is 0.00898. The van der Waals surface area contributed by atoms with Crippen LogP contribution in [0.25, 0.3) is 0 Å². The average Bonchev–Trinajstić information content (AvgIpc) is 2.95. The molecule has 0 bridgehead atoms. The fraction of sp³-hybridized carbons (Fsp3) is 0.800. The quantitative estimate of drug-likeness (QED) is 0.0359. The van der Waals surface area contributed by atoms with E-state index in [1.807, 2.05) is 27.2 Å². The number of carbonyl (C=O) groups is 1. The van der Waals surface area contributed by atoms with Crippen LogP contribution in [0.1, 0.15) is 129 Å². The number of aliphatic hydroxyl groups is 1. The lowest BCUT2D eigenvalue weighted by molar-refractivity contribution is -0.870. The molecule has 2 N–H and O–H groups in total. The number of aliphatic hydroxyl groups excluding tert-OH is 1. The minimum atomic E-state index is -4.58. The van der Waals surface area contributed by atoms with Crippen LogP contribution in [0.5, 0.6) is 0 Å². The first-order chi connectivity index (χ1) is 21.0. The molecular weight excluding hydrogens is 575 g/mol. The van der Waals surface area contributed by atoms with Crippen LogP contribution in [-0.4, -0.2) is 68.5 Å². The van der Waals surface area contributed by atoms with Gasteiger partial charge in [-0.3, -0.25) is 9.36 Å². The average molecular weight is 643 g/mol. The Hall–Kier alpha value is -1.28. The van der Waals surface area contributed by atoms with Crippen LogP contribution in [0.3, 0.4) is 0 Å². The zero-order valence-electron chi connectivity index (χ0n) is 28.9. The van der Waals surface area contributed by atoms with Crippen LogP contribution in [0.2, 0.25) is 0 Å². The van der Waals surface area contributed by atoms with E-state index in [2.05, 4.69) is 43.5 Å². The second-order valence-corrected chi connectivity index (χ2v) is 14.3. The molecule has 44 heavy (non-hydrogen) atoms. The molecule has 0 saturated heterocycles. The zero-order valence-corrected chi connectivity index (χ0v) is 29.7. The van der Waals surface area contributed by atoms with Crippen LogP contribution in [0.4, 0.5) is 0 Å². The third-order valence-electron chi connectivity index (χ3n) is 7.33. The fourth-order valence-corrected chi connectivity index (χ4v) is 5.20. The molecule has 0 fully saturated rings. The summed E-state index contributed by atoms with van der Waals surface area (Å²) in [5.41, 5.74) is 0. The van der Waals surface area contributed by atoms with Gasteiger partial charge in [-0.15, -0.1) is 0 Å². The summed E-state index contributed by atoms with van der Waals surface area (Å²) in [7, 11) is 1.23. The molecule has 8 nitrogen and oxygen atoms in total. The number of rotatable bonds is 30. The lowest BCUT2D eigenvalue weighted by Gasteiger charge is -2.29. The number of nitrogens with one attached hydrogen (secondary N) is 1. The summed E-state index contributed by atoms with van der Waals surface area (Å²) in [6.07, 6.45) is 30.6. The summed E-state index contributed by atoms with van der Waals surface area (Å²) in [5, 5.41) is 13.6. The molecule has 9 heteroatoms. The largest absolute Gasteiger partial charge is 0.756 e. The standard InChI is InChI=1S/C35H67N2O6P/c1-6-8-10-12-14-15-16-17-18-19-20-21-23-24-26-28-34(38)33(32-43-44(40,41)42-31-30-37(3,4)5)36-35(39)29-27-25-22-13-11-9-7-2/h16-17,20-21,26,28,33-34,38H,6-15,18-19,22-25,27,29-32H2,1-5H3,(H-,36,39,40,41)/b17-16+,21-20+,28-26+. The van der Waals surface area contributed by atoms with Crippen LogP contribution in [0.15, 0.2) is 36.5 Å². The van der Waals surface area contributed by atoms with E-state index in [-0.39, 0.29) is 12.5 Å². The first-order valence-electron chi connectivity index (χ1n) is 17.4. The number of carbonyl (C=O) groups excluding carboxylic acids is 1. The molecule has 0 aliphatic carbocycles. The fourth-order valence-electron chi connectivity index (χ4n) is 4.47. The Balaban J connectivity index is 4.66. The summed E-state index contributed by atoms with van der Waals surface area (Å²) in [6, 6.07) is -0.901. The molecule has 1 amide bonds. The second kappa shape index (κ2) is 28.0. The number of unbranched alkanes of at least 4 members (excludes halogenated alkanes) is 13. The predicted octanol–water partition coefficient (Wildman–Crippen LogP) is 7.77. The summed E-state index contributed by atoms with van der Waals surface area (Å²) in [6.45, 7) is 4.51. The second-order valence-electron chi connectivity index (χ2n) is 12.9. The van der Waals surface area contributed by atoms with E-state index in [0.29, 0.717) is 17.4 Å². The van der Waals surface area contributed by atoms with E-state index in [9.17, 15) is 19.4 Å². The molecule has 0 radical (unpaired) electrons. The molecule has 0 spiro atoms. The zero-order chi connectivity index (χ0) is 32.9. The van der Waals surface area contributed by atoms with Crippen molar-refractivity contribution in [3.05, 3.63) is 36.5 Å². The van der Waals surface area contributed by atoms with Crippen molar-refractivity contribution in [2.75, 3.05) is 40.9 Å². The van der Waals surface area contributed by atoms with Crippen LogP contribution in [0, 0.1) is 0 Å². The lowest BCUT2D eigenvalue weighted by atomic mass is 10.1. The SMILES string of the molecule is CCCCCCC/C=C/CC/C=C/CC/C=C/C(O)C(COP(=O)([O-])OCC[N+](C)(C)C)NC(=O)CCCCCCCCC. The summed E-state index contributed by atoms with van der Waals surface area (Å²) in [4.78, 5) is 24.9. The Morgan fingerprint density at radius 3 is 1.84 bits per heavy atom. The van der Waals surface area contributed by atoms with Crippen LogP contribution in [-0.2, 0) is 18.4 Å². The van der Waals surface area contributed by atoms with E-state index < -0.39 is 26.6 Å². The molecule has 0 aromatic heterocycles. The summed E-state index contributed by atoms with van der Waals surface area (Å²) >= 11 is 0. The number of amides is 1. The molecule has 0 saturated carbocycles.